The molecule has 0 N–H and O–H groups in total. The van der Waals surface area contributed by atoms with Crippen LogP contribution >= 0.6 is 54.5 Å². The Hall–Kier alpha value is 0.360. The van der Waals surface area contributed by atoms with Crippen LogP contribution in [0.4, 0.5) is 0 Å². The minimum absolute atomic E-state index is 0.329. The maximum absolute atomic E-state index is 3.73. The number of thiophene rings is 2. The van der Waals surface area contributed by atoms with Crippen LogP contribution in [0, 0.1) is 6.92 Å². The third-order valence-electron chi connectivity index (χ3n) is 1.89. The molecule has 0 aromatic carbocycles. The zero-order valence-electron chi connectivity index (χ0n) is 7.46. The number of hydrogen-bond donors (Lipinski definition) is 0. The van der Waals surface area contributed by atoms with Crippen molar-refractivity contribution in [3.05, 3.63) is 42.7 Å². The minimum Gasteiger partial charge on any atom is -0.146 e. The monoisotopic (exact) mass is 350 g/mol. The van der Waals surface area contributed by atoms with Crippen molar-refractivity contribution in [1.29, 1.82) is 0 Å². The van der Waals surface area contributed by atoms with Gasteiger partial charge in [0.2, 0.25) is 0 Å². The molecule has 0 saturated carbocycles. The van der Waals surface area contributed by atoms with Crippen LogP contribution in [0.2, 0.25) is 0 Å². The summed E-state index contributed by atoms with van der Waals surface area (Å²) >= 11 is 10.9. The fourth-order valence-electron chi connectivity index (χ4n) is 1.21. The van der Waals surface area contributed by atoms with Gasteiger partial charge in [-0.3, -0.25) is 0 Å². The van der Waals surface area contributed by atoms with Crippen molar-refractivity contribution in [2.45, 2.75) is 11.8 Å². The summed E-state index contributed by atoms with van der Waals surface area (Å²) in [7, 11) is 0. The van der Waals surface area contributed by atoms with Crippen molar-refractivity contribution in [1.82, 2.24) is 0 Å². The van der Waals surface area contributed by atoms with E-state index in [0.29, 0.717) is 4.83 Å². The van der Waals surface area contributed by atoms with E-state index in [0.717, 1.165) is 0 Å². The Labute approximate surface area is 108 Å². The largest absolute Gasteiger partial charge is 0.146 e. The van der Waals surface area contributed by atoms with Gasteiger partial charge < -0.3 is 0 Å². The average Bonchev–Trinajstić information content (AvgIpc) is 2.73. The quantitative estimate of drug-likeness (QED) is 0.638. The van der Waals surface area contributed by atoms with Crippen molar-refractivity contribution in [2.75, 3.05) is 0 Å². The minimum atomic E-state index is 0.329. The number of alkyl halides is 1. The lowest BCUT2D eigenvalue weighted by atomic mass is 10.3. The van der Waals surface area contributed by atoms with E-state index in [2.05, 4.69) is 62.4 Å². The lowest BCUT2D eigenvalue weighted by Gasteiger charge is -2.05. The molecule has 1 unspecified atom stereocenters. The predicted molar refractivity (Wildman–Crippen MR) is 71.8 cm³/mol. The average molecular weight is 352 g/mol. The van der Waals surface area contributed by atoms with Gasteiger partial charge >= 0.3 is 0 Å². The van der Waals surface area contributed by atoms with Gasteiger partial charge in [0, 0.05) is 19.1 Å². The molecule has 2 heterocycles. The summed E-state index contributed by atoms with van der Waals surface area (Å²) in [6.45, 7) is 2.14. The normalized spacial score (nSPS) is 13.1. The zero-order chi connectivity index (χ0) is 10.1. The van der Waals surface area contributed by atoms with Crippen LogP contribution in [-0.4, -0.2) is 0 Å². The van der Waals surface area contributed by atoms with Crippen LogP contribution in [-0.2, 0) is 0 Å². The molecule has 0 saturated heterocycles. The molecule has 0 bridgehead atoms. The van der Waals surface area contributed by atoms with Crippen LogP contribution in [0.25, 0.3) is 0 Å². The number of rotatable bonds is 2. The topological polar surface area (TPSA) is 0 Å². The molecule has 14 heavy (non-hydrogen) atoms. The second-order valence-electron chi connectivity index (χ2n) is 2.94. The summed E-state index contributed by atoms with van der Waals surface area (Å²) in [5, 5.41) is 2.11. The Bertz CT molecular complexity index is 431. The van der Waals surface area contributed by atoms with Gasteiger partial charge in [0.1, 0.15) is 0 Å². The Morgan fingerprint density at radius 1 is 1.29 bits per heavy atom. The van der Waals surface area contributed by atoms with Gasteiger partial charge in [0.05, 0.1) is 4.83 Å². The highest BCUT2D eigenvalue weighted by atomic mass is 79.9. The van der Waals surface area contributed by atoms with Gasteiger partial charge in [-0.25, -0.2) is 0 Å². The van der Waals surface area contributed by atoms with Crippen molar-refractivity contribution in [3.8, 4) is 0 Å². The second kappa shape index (κ2) is 4.47. The molecular weight excluding hydrogens is 344 g/mol. The van der Waals surface area contributed by atoms with Crippen LogP contribution in [0.1, 0.15) is 19.5 Å². The first kappa shape index (κ1) is 10.9. The first-order valence-electron chi connectivity index (χ1n) is 4.12. The van der Waals surface area contributed by atoms with E-state index in [4.69, 9.17) is 0 Å². The highest BCUT2D eigenvalue weighted by Gasteiger charge is 2.16. The Balaban J connectivity index is 2.33. The van der Waals surface area contributed by atoms with E-state index < -0.39 is 0 Å². The van der Waals surface area contributed by atoms with Gasteiger partial charge in [-0.2, -0.15) is 0 Å². The molecule has 0 aliphatic rings. The Morgan fingerprint density at radius 2 is 2.07 bits per heavy atom. The summed E-state index contributed by atoms with van der Waals surface area (Å²) < 4.78 is 1.19. The number of aryl methyl sites for hydroxylation is 1. The first-order valence-corrected chi connectivity index (χ1v) is 7.52. The molecule has 0 aliphatic heterocycles. The summed E-state index contributed by atoms with van der Waals surface area (Å²) in [6, 6.07) is 6.44. The first-order chi connectivity index (χ1) is 6.68. The third kappa shape index (κ3) is 2.13. The van der Waals surface area contributed by atoms with E-state index in [1.165, 1.54) is 19.1 Å². The van der Waals surface area contributed by atoms with Gasteiger partial charge in [0.25, 0.3) is 0 Å². The highest BCUT2D eigenvalue weighted by Crippen LogP contribution is 2.41. The van der Waals surface area contributed by atoms with E-state index >= 15 is 0 Å². The maximum Gasteiger partial charge on any atom is 0.0842 e. The van der Waals surface area contributed by atoms with Crippen molar-refractivity contribution in [3.63, 3.8) is 0 Å². The van der Waals surface area contributed by atoms with Crippen LogP contribution in [0.5, 0.6) is 0 Å². The fourth-order valence-corrected chi connectivity index (χ4v) is 5.05. The number of halogens is 2. The Morgan fingerprint density at radius 3 is 2.57 bits per heavy atom. The Kier molecular flexibility index (Phi) is 3.47. The van der Waals surface area contributed by atoms with Crippen molar-refractivity contribution in [2.24, 2.45) is 0 Å². The molecule has 74 valence electrons. The predicted octanol–water partition coefficient (Wildman–Crippen LogP) is 5.36. The molecule has 4 heteroatoms. The molecule has 1 atom stereocenters. The zero-order valence-corrected chi connectivity index (χ0v) is 12.3. The summed E-state index contributed by atoms with van der Waals surface area (Å²) in [5.41, 5.74) is 0. The van der Waals surface area contributed by atoms with Crippen LogP contribution < -0.4 is 0 Å². The standard InChI is InChI=1S/C10H8Br2S2/c1-6-2-3-8(14-6)9(12)10-7(11)4-5-13-10/h2-5,9H,1H3. The van der Waals surface area contributed by atoms with Gasteiger partial charge in [-0.05, 0) is 46.4 Å². The van der Waals surface area contributed by atoms with Gasteiger partial charge in [0.15, 0.2) is 0 Å². The summed E-state index contributed by atoms with van der Waals surface area (Å²) in [6.07, 6.45) is 0. The maximum atomic E-state index is 3.73. The highest BCUT2D eigenvalue weighted by molar-refractivity contribution is 9.11. The van der Waals surface area contributed by atoms with Crippen molar-refractivity contribution < 1.29 is 0 Å². The number of hydrogen-bond acceptors (Lipinski definition) is 2. The molecule has 0 radical (unpaired) electrons. The molecule has 2 rings (SSSR count). The second-order valence-corrected chi connectivity index (χ2v) is 6.98. The van der Waals surface area contributed by atoms with Gasteiger partial charge in [-0.1, -0.05) is 15.9 Å². The molecular formula is C10H8Br2S2. The van der Waals surface area contributed by atoms with E-state index in [-0.39, 0.29) is 0 Å². The van der Waals surface area contributed by atoms with E-state index in [9.17, 15) is 0 Å². The molecule has 0 fully saturated rings. The van der Waals surface area contributed by atoms with Crippen LogP contribution in [0.15, 0.2) is 28.1 Å². The smallest absolute Gasteiger partial charge is 0.0842 e. The lowest BCUT2D eigenvalue weighted by molar-refractivity contribution is 1.27. The third-order valence-corrected chi connectivity index (χ3v) is 6.44. The fraction of sp³-hybridized carbons (Fsp3) is 0.200. The molecule has 2 aromatic heterocycles. The molecule has 2 aromatic rings. The summed E-state index contributed by atoms with van der Waals surface area (Å²) in [4.78, 5) is 4.39. The SMILES string of the molecule is Cc1ccc(C(Br)c2sccc2Br)s1. The molecule has 0 amide bonds. The molecule has 0 spiro atoms. The van der Waals surface area contributed by atoms with E-state index in [1.54, 1.807) is 11.3 Å². The van der Waals surface area contributed by atoms with E-state index in [1.807, 2.05) is 11.3 Å². The van der Waals surface area contributed by atoms with Crippen LogP contribution in [0.3, 0.4) is 0 Å². The summed E-state index contributed by atoms with van der Waals surface area (Å²) in [5.74, 6) is 0. The molecule has 0 aliphatic carbocycles. The van der Waals surface area contributed by atoms with Gasteiger partial charge in [-0.15, -0.1) is 22.7 Å². The van der Waals surface area contributed by atoms with Crippen molar-refractivity contribution >= 4 is 54.5 Å². The lowest BCUT2D eigenvalue weighted by Crippen LogP contribution is -1.85. The molecule has 0 nitrogen and oxygen atoms in total.